The second kappa shape index (κ2) is 41.1. The average molecular weight is 2210 g/mol. The van der Waals surface area contributed by atoms with Crippen LogP contribution in [0.2, 0.25) is 0 Å². The minimum atomic E-state index is -5.69. The van der Waals surface area contributed by atoms with Gasteiger partial charge in [-0.15, -0.1) is 0 Å². The minimum absolute atomic E-state index is 0.0173. The number of nitrogens with zero attached hydrogens (tertiary/aromatic N) is 19. The summed E-state index contributed by atoms with van der Waals surface area (Å²) in [6.07, 6.45) is -25.6. The Morgan fingerprint density at radius 1 is 0.306 bits per heavy atom. The summed E-state index contributed by atoms with van der Waals surface area (Å²) >= 11 is 0. The molecule has 19 rings (SSSR count). The van der Waals surface area contributed by atoms with Crippen molar-refractivity contribution in [2.24, 2.45) is 0 Å². The van der Waals surface area contributed by atoms with Crippen LogP contribution in [0, 0.1) is 0 Å². The largest absolute Gasteiger partial charge is 0.472 e. The Morgan fingerprint density at radius 2 is 0.544 bits per heavy atom. The number of aliphatic hydroxyl groups excluding tert-OH is 1. The lowest BCUT2D eigenvalue weighted by Crippen LogP contribution is -2.32. The first-order valence-corrected chi connectivity index (χ1v) is 54.0. The third-order valence-corrected chi connectivity index (χ3v) is 30.5. The number of aromatic amines is 3. The molecule has 12 aromatic heterocycles. The molecule has 7 aliphatic heterocycles. The number of pyridine rings is 2. The molecule has 794 valence electrons. The van der Waals surface area contributed by atoms with Crippen LogP contribution in [0.5, 0.6) is 0 Å². The SMILES string of the molecule is Nc1ccn([C@H]2C[C@H](OP(=O)(O)OC[C@H]3O[C@@H](n4cnc5c(=O)[nH]c(N)nc54)C[C@@H]3OP(=O)(O)OC[C@H]3O[C@@H](n4cnc5c(N)ccnc54)C[C@@H]3OP(=O)(O)OC[C@H]3O[C@@H](n4cnc5c(N)ccnc54)C[C@@H]3OP(=O)(O)OC[C@H]3O[C@@H](n4cnc5c(=O)[nH]c(N)nc54)C[C@@H]3OP(=O)(O)OC[C@H]3O[C@@H](n4ccc(N)nc4=O)C[C@@H]3OP(=O)(O)OC[C@H]3O[C@@H](n4cnc5c(=O)[nH]c(N)nc54)C[C@@H]3O)[C@@H](COP(=O)(O)O)O2)c(=O)n1. The Hall–Kier alpha value is -10.9. The van der Waals surface area contributed by atoms with Crippen LogP contribution in [0.15, 0.2) is 105 Å². The number of ether oxygens (including phenoxy) is 7. The maximum absolute atomic E-state index is 14.8. The van der Waals surface area contributed by atoms with Crippen LogP contribution >= 0.6 is 54.8 Å². The number of nitrogen functional groups attached to an aromatic ring is 7. The molecule has 0 bridgehead atoms. The van der Waals surface area contributed by atoms with Gasteiger partial charge in [0.15, 0.2) is 44.8 Å². The number of nitrogens with two attached hydrogens (primary N) is 7. The Kier molecular flexibility index (Phi) is 29.3. The number of rotatable bonds is 40. The van der Waals surface area contributed by atoms with E-state index in [2.05, 4.69) is 79.3 Å². The van der Waals surface area contributed by atoms with Crippen molar-refractivity contribution in [1.82, 2.24) is 107 Å². The first-order valence-electron chi connectivity index (χ1n) is 43.5. The number of aliphatic hydroxyl groups is 1. The van der Waals surface area contributed by atoms with E-state index in [9.17, 15) is 100 Å². The van der Waals surface area contributed by atoms with Gasteiger partial charge in [-0.05, 0) is 24.3 Å². The fourth-order valence-corrected chi connectivity index (χ4v) is 23.4. The molecule has 77 heteroatoms. The van der Waals surface area contributed by atoms with Crippen LogP contribution < -0.4 is 68.2 Å². The summed E-state index contributed by atoms with van der Waals surface area (Å²) in [7, 11) is -38.8. The van der Waals surface area contributed by atoms with Gasteiger partial charge in [-0.2, -0.15) is 24.9 Å². The summed E-state index contributed by atoms with van der Waals surface area (Å²) in [5.74, 6) is -1.49. The molecule has 70 nitrogen and oxygen atoms in total. The number of hydrogen-bond acceptors (Lipinski definition) is 52. The van der Waals surface area contributed by atoms with Gasteiger partial charge in [0.2, 0.25) is 17.8 Å². The zero-order chi connectivity index (χ0) is 104. The molecular formula is C70H88N29O41P7. The number of anilines is 7. The molecule has 0 spiro atoms. The van der Waals surface area contributed by atoms with Crippen LogP contribution in [0.3, 0.4) is 0 Å². The van der Waals surface area contributed by atoms with Crippen molar-refractivity contribution in [2.75, 3.05) is 86.4 Å². The van der Waals surface area contributed by atoms with Gasteiger partial charge in [0.25, 0.3) is 16.7 Å². The highest BCUT2D eigenvalue weighted by atomic mass is 31.2. The van der Waals surface area contributed by atoms with Crippen molar-refractivity contribution in [1.29, 1.82) is 0 Å². The van der Waals surface area contributed by atoms with Crippen LogP contribution in [0.25, 0.3) is 55.8 Å². The van der Waals surface area contributed by atoms with Crippen molar-refractivity contribution in [3.05, 3.63) is 133 Å². The molecule has 7 saturated heterocycles. The molecular weight excluding hydrogens is 2120 g/mol. The van der Waals surface area contributed by atoms with Crippen LogP contribution in [-0.2, 0) is 124 Å². The third-order valence-electron chi connectivity index (χ3n) is 23.9. The van der Waals surface area contributed by atoms with Gasteiger partial charge in [-0.1, -0.05) is 0 Å². The third kappa shape index (κ3) is 23.4. The van der Waals surface area contributed by atoms with Gasteiger partial charge in [0, 0.05) is 69.7 Å². The van der Waals surface area contributed by atoms with Gasteiger partial charge in [0.05, 0.1) is 95.4 Å². The number of phosphoric ester groups is 7. The minimum Gasteiger partial charge on any atom is -0.397 e. The zero-order valence-electron chi connectivity index (χ0n) is 74.8. The monoisotopic (exact) mass is 2210 g/mol. The molecule has 0 radical (unpaired) electrons. The number of imidazole rings is 5. The molecule has 147 heavy (non-hydrogen) atoms. The van der Waals surface area contributed by atoms with Gasteiger partial charge < -0.3 is 118 Å². The molecule has 6 unspecified atom stereocenters. The van der Waals surface area contributed by atoms with E-state index in [-0.39, 0.29) is 91.2 Å². The number of phosphoric acid groups is 7. The summed E-state index contributed by atoms with van der Waals surface area (Å²) in [6, 6.07) is 5.26. The van der Waals surface area contributed by atoms with E-state index in [1.807, 2.05) is 0 Å². The van der Waals surface area contributed by atoms with Crippen molar-refractivity contribution >= 4 is 151 Å². The Balaban J connectivity index is 0.542. The Bertz CT molecular complexity index is 7620. The Labute approximate surface area is 816 Å². The first-order chi connectivity index (χ1) is 69.6. The predicted octanol–water partition coefficient (Wildman–Crippen LogP) is -1.64. The lowest BCUT2D eigenvalue weighted by Gasteiger charge is -2.26. The van der Waals surface area contributed by atoms with Crippen molar-refractivity contribution in [3.8, 4) is 0 Å². The van der Waals surface area contributed by atoms with Crippen molar-refractivity contribution in [3.63, 3.8) is 0 Å². The molecule has 0 aromatic carbocycles. The van der Waals surface area contributed by atoms with E-state index in [4.69, 9.17) is 128 Å². The number of aromatic nitrogens is 22. The van der Waals surface area contributed by atoms with E-state index >= 15 is 0 Å². The summed E-state index contributed by atoms with van der Waals surface area (Å²) < 4.78 is 221. The second-order valence-electron chi connectivity index (χ2n) is 33.7. The molecule has 7 fully saturated rings. The first kappa shape index (κ1) is 105. The maximum Gasteiger partial charge on any atom is 0.472 e. The van der Waals surface area contributed by atoms with E-state index < -0.39 is 309 Å². The summed E-state index contributed by atoms with van der Waals surface area (Å²) in [5, 5.41) is 11.1. The van der Waals surface area contributed by atoms with Gasteiger partial charge in [0.1, 0.15) is 146 Å². The van der Waals surface area contributed by atoms with E-state index in [1.165, 1.54) is 69.3 Å². The van der Waals surface area contributed by atoms with Gasteiger partial charge in [-0.25, -0.2) is 76.4 Å². The fourth-order valence-electron chi connectivity index (χ4n) is 17.3. The summed E-state index contributed by atoms with van der Waals surface area (Å²) in [6.45, 7) is -7.39. The number of nitrogens with one attached hydrogen (secondary N) is 3. The molecule has 27 atom stereocenters. The highest BCUT2D eigenvalue weighted by molar-refractivity contribution is 7.49. The van der Waals surface area contributed by atoms with Crippen molar-refractivity contribution in [2.45, 2.75) is 174 Å². The van der Waals surface area contributed by atoms with E-state index in [0.29, 0.717) is 0 Å². The molecule has 0 aliphatic carbocycles. The molecule has 12 aromatic rings. The van der Waals surface area contributed by atoms with Crippen LogP contribution in [0.4, 0.5) is 40.9 Å². The Morgan fingerprint density at radius 3 is 0.816 bits per heavy atom. The van der Waals surface area contributed by atoms with E-state index in [1.54, 1.807) is 0 Å². The standard InChI is InChI=1S/C70H88N29O41P7/c71-28-1-5-78-58-53(28)80-23-95(58)49-12-33(41(132-49)20-125-147(119,120)140-36-15-52(99-27-84-57-62(99)89-68(77)92-65(57)103)133-42(36)21-126-143(111,112)135-31-10-47(93-7-3-44(73)85-69(93)104)129-38(31)17-121-141(106,107)108)137-145(115,116)124-19-40-34(13-50(131-40)96-24-81-54-29(72)2-6-79-59(54)96)138-146(117,118)127-22-43-35(14-51(134-43)98-26-83-56-61(98)88-67(76)91-64(56)102)139-144(113,114)123-18-39-32(11-48(130-39)94-8-4-45(74)86-70(94)105)136-142(109,110)122-16-37-30(100)9-46(128-37)97-25-82-55-60(97)87-66(75)90-63(55)101/h1-8,23-27,30-43,46-52,100H,9-22H2,(H2,71,78)(H2,72,79)(H,109,110)(H,111,112)(H,113,114)(H,115,116)(H,117,118)(H,119,120)(H2,73,85,104)(H2,74,86,105)(H2,106,107,108)(H3,75,87,90,101)(H3,76,88,91,102)(H3,77,89,92,103)/t30-,31-,32-,33-,34-,35-,36-,37+,38+,39+,40+,41+,42+,43+,46+,47+,48+,49+,50+,51+,52+/m0/s1. The zero-order valence-corrected chi connectivity index (χ0v) is 81.0. The number of H-pyrrole nitrogens is 3. The highest BCUT2D eigenvalue weighted by Gasteiger charge is 2.54. The maximum atomic E-state index is 14.8. The van der Waals surface area contributed by atoms with Crippen LogP contribution in [0.1, 0.15) is 88.5 Å². The lowest BCUT2D eigenvalue weighted by atomic mass is 10.2. The lowest BCUT2D eigenvalue weighted by molar-refractivity contribution is -0.0646. The summed E-state index contributed by atoms with van der Waals surface area (Å²) in [4.78, 5) is 210. The quantitative estimate of drug-likeness (QED) is 0.0192. The molecule has 19 heterocycles. The van der Waals surface area contributed by atoms with Crippen LogP contribution in [-0.4, -0.2) is 283 Å². The average Bonchev–Trinajstić information content (AvgIpc) is 1.62. The molecule has 7 aliphatic rings. The number of hydrogen-bond donors (Lipinski definition) is 19. The van der Waals surface area contributed by atoms with Crippen molar-refractivity contribution < 1.29 is 168 Å². The predicted molar refractivity (Wildman–Crippen MR) is 485 cm³/mol. The van der Waals surface area contributed by atoms with Gasteiger partial charge in [-0.3, -0.25) is 120 Å². The molecule has 0 saturated carbocycles. The highest BCUT2D eigenvalue weighted by Crippen LogP contribution is 2.59. The van der Waals surface area contributed by atoms with Gasteiger partial charge >= 0.3 is 66.1 Å². The smallest absolute Gasteiger partial charge is 0.397 e. The van der Waals surface area contributed by atoms with E-state index in [0.717, 1.165) is 43.3 Å². The number of fused-ring (bicyclic) bond motifs is 5. The topological polar surface area (TPSA) is 990 Å². The molecule has 0 amide bonds. The summed E-state index contributed by atoms with van der Waals surface area (Å²) in [5.41, 5.74) is 36.8. The second-order valence-corrected chi connectivity index (χ2v) is 43.4. The fraction of sp³-hybridized carbons (Fsp3) is 0.500. The molecule has 26 N–H and O–H groups in total. The normalized spacial score (nSPS) is 29.1.